The van der Waals surface area contributed by atoms with Crippen molar-refractivity contribution in [3.8, 4) is 0 Å². The number of amides is 1. The van der Waals surface area contributed by atoms with Crippen LogP contribution >= 0.6 is 15.9 Å². The highest BCUT2D eigenvalue weighted by atomic mass is 79.9. The topological polar surface area (TPSA) is 78.6 Å². The van der Waals surface area contributed by atoms with Gasteiger partial charge in [-0.15, -0.1) is 0 Å². The molecule has 1 aromatic carbocycles. The fourth-order valence-corrected chi connectivity index (χ4v) is 1.94. The van der Waals surface area contributed by atoms with Crippen molar-refractivity contribution in [3.05, 3.63) is 33.8 Å². The second-order valence-electron chi connectivity index (χ2n) is 3.74. The van der Waals surface area contributed by atoms with Crippen molar-refractivity contribution in [2.75, 3.05) is 20.2 Å². The van der Waals surface area contributed by atoms with E-state index in [4.69, 9.17) is 10.9 Å². The largest absolute Gasteiger partial charge is 0.395 e. The lowest BCUT2D eigenvalue weighted by Crippen LogP contribution is -2.30. The molecule has 0 heterocycles. The van der Waals surface area contributed by atoms with E-state index in [0.717, 1.165) is 10.0 Å². The fourth-order valence-electron chi connectivity index (χ4n) is 1.44. The van der Waals surface area contributed by atoms with Gasteiger partial charge in [0.25, 0.3) is 5.91 Å². The summed E-state index contributed by atoms with van der Waals surface area (Å²) in [5.41, 5.74) is 3.64. The van der Waals surface area contributed by atoms with Crippen LogP contribution in [0.3, 0.4) is 0 Å². The Bertz CT molecular complexity index is 398. The standard InChI is InChI=1S/C11H16BrN3O2/c1-15(4-5-16)7-9-3-2-8(6-10(9)12)11(17)14-13/h2-3,6,16H,4-5,7,13H2,1H3,(H,14,17). The highest BCUT2D eigenvalue weighted by Gasteiger charge is 2.08. The molecule has 1 aromatic rings. The Balaban J connectivity index is 2.79. The van der Waals surface area contributed by atoms with E-state index < -0.39 is 0 Å². The molecule has 4 N–H and O–H groups in total. The molecular weight excluding hydrogens is 286 g/mol. The second kappa shape index (κ2) is 6.70. The molecule has 0 radical (unpaired) electrons. The first-order valence-electron chi connectivity index (χ1n) is 5.17. The van der Waals surface area contributed by atoms with Crippen LogP contribution in [0.15, 0.2) is 22.7 Å². The number of hydrogen-bond donors (Lipinski definition) is 3. The molecule has 94 valence electrons. The molecule has 5 nitrogen and oxygen atoms in total. The minimum atomic E-state index is -0.319. The van der Waals surface area contributed by atoms with Gasteiger partial charge in [0.1, 0.15) is 0 Å². The van der Waals surface area contributed by atoms with Crippen molar-refractivity contribution in [1.29, 1.82) is 0 Å². The molecule has 0 atom stereocenters. The monoisotopic (exact) mass is 301 g/mol. The Labute approximate surface area is 109 Å². The molecule has 1 amide bonds. The number of hydrazine groups is 1. The third kappa shape index (κ3) is 4.08. The maximum atomic E-state index is 11.3. The van der Waals surface area contributed by atoms with Crippen molar-refractivity contribution < 1.29 is 9.90 Å². The molecule has 0 aliphatic rings. The lowest BCUT2D eigenvalue weighted by Gasteiger charge is -2.16. The SMILES string of the molecule is CN(CCO)Cc1ccc(C(=O)NN)cc1Br. The summed E-state index contributed by atoms with van der Waals surface area (Å²) in [6.07, 6.45) is 0. The minimum Gasteiger partial charge on any atom is -0.395 e. The van der Waals surface area contributed by atoms with E-state index in [2.05, 4.69) is 21.4 Å². The normalized spacial score (nSPS) is 10.6. The van der Waals surface area contributed by atoms with Gasteiger partial charge in [-0.25, -0.2) is 5.84 Å². The van der Waals surface area contributed by atoms with Gasteiger partial charge in [0.05, 0.1) is 6.61 Å². The van der Waals surface area contributed by atoms with Gasteiger partial charge >= 0.3 is 0 Å². The predicted octanol–water partition coefficient (Wildman–Crippen LogP) is 0.477. The van der Waals surface area contributed by atoms with Crippen LogP contribution in [0.2, 0.25) is 0 Å². The fraction of sp³-hybridized carbons (Fsp3) is 0.364. The van der Waals surface area contributed by atoms with Gasteiger partial charge in [-0.1, -0.05) is 22.0 Å². The van der Waals surface area contributed by atoms with Gasteiger partial charge in [-0.2, -0.15) is 0 Å². The van der Waals surface area contributed by atoms with Gasteiger partial charge in [0, 0.05) is 23.1 Å². The summed E-state index contributed by atoms with van der Waals surface area (Å²) in [5, 5.41) is 8.81. The van der Waals surface area contributed by atoms with Crippen LogP contribution in [-0.2, 0) is 6.54 Å². The van der Waals surface area contributed by atoms with Gasteiger partial charge < -0.3 is 5.11 Å². The molecule has 0 saturated heterocycles. The number of hydrogen-bond acceptors (Lipinski definition) is 4. The lowest BCUT2D eigenvalue weighted by molar-refractivity contribution is 0.0953. The number of nitrogen functional groups attached to an aromatic ring is 1. The lowest BCUT2D eigenvalue weighted by atomic mass is 10.1. The molecule has 0 bridgehead atoms. The third-order valence-corrected chi connectivity index (χ3v) is 3.11. The van der Waals surface area contributed by atoms with E-state index >= 15 is 0 Å². The molecule has 0 unspecified atom stereocenters. The number of nitrogens with zero attached hydrogens (tertiary/aromatic N) is 1. The quantitative estimate of drug-likeness (QED) is 0.420. The van der Waals surface area contributed by atoms with E-state index in [-0.39, 0.29) is 12.5 Å². The van der Waals surface area contributed by atoms with Crippen molar-refractivity contribution in [3.63, 3.8) is 0 Å². The van der Waals surface area contributed by atoms with Crippen LogP contribution < -0.4 is 11.3 Å². The third-order valence-electron chi connectivity index (χ3n) is 2.37. The molecule has 0 spiro atoms. The smallest absolute Gasteiger partial charge is 0.265 e. The highest BCUT2D eigenvalue weighted by molar-refractivity contribution is 9.10. The minimum absolute atomic E-state index is 0.127. The number of halogens is 1. The van der Waals surface area contributed by atoms with Crippen molar-refractivity contribution in [2.24, 2.45) is 5.84 Å². The first-order chi connectivity index (χ1) is 8.08. The Morgan fingerprint density at radius 1 is 1.59 bits per heavy atom. The van der Waals surface area contributed by atoms with Gasteiger partial charge in [0.15, 0.2) is 0 Å². The Morgan fingerprint density at radius 3 is 2.82 bits per heavy atom. The number of aliphatic hydroxyl groups excluding tert-OH is 1. The van der Waals surface area contributed by atoms with Gasteiger partial charge in [-0.05, 0) is 24.7 Å². The zero-order valence-corrected chi connectivity index (χ0v) is 11.2. The zero-order valence-electron chi connectivity index (χ0n) is 9.61. The first kappa shape index (κ1) is 14.1. The predicted molar refractivity (Wildman–Crippen MR) is 69.2 cm³/mol. The number of nitrogens with two attached hydrogens (primary N) is 1. The molecular formula is C11H16BrN3O2. The zero-order chi connectivity index (χ0) is 12.8. The molecule has 0 fully saturated rings. The summed E-state index contributed by atoms with van der Waals surface area (Å²) in [6, 6.07) is 5.31. The summed E-state index contributed by atoms with van der Waals surface area (Å²) in [4.78, 5) is 13.3. The van der Waals surface area contributed by atoms with Gasteiger partial charge in [-0.3, -0.25) is 15.1 Å². The van der Waals surface area contributed by atoms with Crippen LogP contribution in [0.25, 0.3) is 0 Å². The number of nitrogens with one attached hydrogen (secondary N) is 1. The van der Waals surface area contributed by atoms with E-state index in [0.29, 0.717) is 18.7 Å². The molecule has 0 aliphatic heterocycles. The highest BCUT2D eigenvalue weighted by Crippen LogP contribution is 2.19. The maximum Gasteiger partial charge on any atom is 0.265 e. The molecule has 0 aliphatic carbocycles. The molecule has 0 saturated carbocycles. The van der Waals surface area contributed by atoms with Crippen LogP contribution in [0.5, 0.6) is 0 Å². The molecule has 17 heavy (non-hydrogen) atoms. The Hall–Kier alpha value is -0.950. The summed E-state index contributed by atoms with van der Waals surface area (Å²) < 4.78 is 0.850. The van der Waals surface area contributed by atoms with E-state index in [1.807, 2.05) is 18.0 Å². The number of benzene rings is 1. The average Bonchev–Trinajstić information content (AvgIpc) is 2.31. The van der Waals surface area contributed by atoms with E-state index in [9.17, 15) is 4.79 Å². The number of rotatable bonds is 5. The Kier molecular flexibility index (Phi) is 5.57. The van der Waals surface area contributed by atoms with Crippen LogP contribution in [0, 0.1) is 0 Å². The van der Waals surface area contributed by atoms with Crippen LogP contribution in [0.1, 0.15) is 15.9 Å². The van der Waals surface area contributed by atoms with Crippen LogP contribution in [0.4, 0.5) is 0 Å². The first-order valence-corrected chi connectivity index (χ1v) is 5.96. The van der Waals surface area contributed by atoms with E-state index in [1.54, 1.807) is 12.1 Å². The van der Waals surface area contributed by atoms with Crippen LogP contribution in [-0.4, -0.2) is 36.1 Å². The summed E-state index contributed by atoms with van der Waals surface area (Å²) >= 11 is 3.41. The summed E-state index contributed by atoms with van der Waals surface area (Å²) in [5.74, 6) is 4.74. The average molecular weight is 302 g/mol. The summed E-state index contributed by atoms with van der Waals surface area (Å²) in [7, 11) is 1.92. The molecule has 1 rings (SSSR count). The number of carbonyl (C=O) groups excluding carboxylic acids is 1. The van der Waals surface area contributed by atoms with Crippen molar-refractivity contribution in [2.45, 2.75) is 6.54 Å². The number of aliphatic hydroxyl groups is 1. The number of carbonyl (C=O) groups is 1. The molecule has 6 heteroatoms. The molecule has 0 aromatic heterocycles. The van der Waals surface area contributed by atoms with Crippen molar-refractivity contribution >= 4 is 21.8 Å². The Morgan fingerprint density at radius 2 is 2.29 bits per heavy atom. The van der Waals surface area contributed by atoms with Crippen molar-refractivity contribution in [1.82, 2.24) is 10.3 Å². The summed E-state index contributed by atoms with van der Waals surface area (Å²) in [6.45, 7) is 1.44. The van der Waals surface area contributed by atoms with Gasteiger partial charge in [0.2, 0.25) is 0 Å². The second-order valence-corrected chi connectivity index (χ2v) is 4.60. The number of likely N-dealkylation sites (N-methyl/N-ethyl adjacent to an activating group) is 1. The van der Waals surface area contributed by atoms with E-state index in [1.165, 1.54) is 0 Å². The maximum absolute atomic E-state index is 11.3.